The summed E-state index contributed by atoms with van der Waals surface area (Å²) in [4.78, 5) is 29.1. The number of halogens is 1. The van der Waals surface area contributed by atoms with Crippen molar-refractivity contribution < 1.29 is 13.2 Å². The van der Waals surface area contributed by atoms with Gasteiger partial charge in [0.05, 0.1) is 10.9 Å². The second-order valence-corrected chi connectivity index (χ2v) is 12.3. The van der Waals surface area contributed by atoms with Gasteiger partial charge in [-0.1, -0.05) is 11.6 Å². The molecule has 2 aromatic rings. The van der Waals surface area contributed by atoms with Gasteiger partial charge in [-0.3, -0.25) is 9.59 Å². The Morgan fingerprint density at radius 3 is 2.56 bits per heavy atom. The zero-order valence-corrected chi connectivity index (χ0v) is 21.5. The van der Waals surface area contributed by atoms with Gasteiger partial charge in [-0.2, -0.15) is 9.40 Å². The lowest BCUT2D eigenvalue weighted by Crippen LogP contribution is -2.57. The molecule has 1 amide bonds. The van der Waals surface area contributed by atoms with E-state index in [9.17, 15) is 18.0 Å². The van der Waals surface area contributed by atoms with Crippen LogP contribution in [0.1, 0.15) is 24.6 Å². The van der Waals surface area contributed by atoms with Gasteiger partial charge in [0.25, 0.3) is 5.56 Å². The summed E-state index contributed by atoms with van der Waals surface area (Å²) in [5, 5.41) is 5.47. The first-order valence-corrected chi connectivity index (χ1v) is 13.8. The second kappa shape index (κ2) is 10.2. The number of thiophene rings is 1. The molecule has 2 saturated heterocycles. The number of hydrogen-bond acceptors (Lipinski definition) is 7. The molecule has 0 saturated carbocycles. The zero-order chi connectivity index (χ0) is 24.5. The van der Waals surface area contributed by atoms with E-state index >= 15 is 0 Å². The molecular weight excluding hydrogens is 498 g/mol. The lowest BCUT2D eigenvalue weighted by atomic mass is 9.95. The summed E-state index contributed by atoms with van der Waals surface area (Å²) in [6.07, 6.45) is 3.32. The van der Waals surface area contributed by atoms with Crippen molar-refractivity contribution in [1.29, 1.82) is 0 Å². The summed E-state index contributed by atoms with van der Waals surface area (Å²) < 4.78 is 28.9. The molecule has 2 fully saturated rings. The Morgan fingerprint density at radius 2 is 1.91 bits per heavy atom. The fourth-order valence-corrected chi connectivity index (χ4v) is 6.77. The predicted molar refractivity (Wildman–Crippen MR) is 134 cm³/mol. The normalized spacial score (nSPS) is 21.0. The first-order valence-electron chi connectivity index (χ1n) is 11.1. The Hall–Kier alpha value is -2.21. The van der Waals surface area contributed by atoms with Crippen LogP contribution >= 0.6 is 22.9 Å². The maximum Gasteiger partial charge on any atom is 0.266 e. The van der Waals surface area contributed by atoms with Crippen LogP contribution in [0.4, 0.5) is 5.82 Å². The van der Waals surface area contributed by atoms with Crippen LogP contribution in [-0.2, 0) is 21.9 Å². The van der Waals surface area contributed by atoms with Gasteiger partial charge in [-0.05, 0) is 50.0 Å². The molecule has 0 N–H and O–H groups in total. The summed E-state index contributed by atoms with van der Waals surface area (Å²) >= 11 is 7.20. The molecule has 2 aliphatic rings. The quantitative estimate of drug-likeness (QED) is 0.574. The summed E-state index contributed by atoms with van der Waals surface area (Å²) in [5.41, 5.74) is -0.140. The number of anilines is 1. The number of carbonyl (C=O) groups is 1. The lowest BCUT2D eigenvalue weighted by molar-refractivity contribution is -0.136. The van der Waals surface area contributed by atoms with E-state index in [4.69, 9.17) is 11.6 Å². The molecule has 0 spiro atoms. The molecule has 1 atom stereocenters. The molecule has 2 aliphatic heterocycles. The number of hydrogen-bond donors (Lipinski definition) is 0. The van der Waals surface area contributed by atoms with Gasteiger partial charge >= 0.3 is 0 Å². The van der Waals surface area contributed by atoms with Crippen molar-refractivity contribution in [3.63, 3.8) is 0 Å². The molecule has 34 heavy (non-hydrogen) atoms. The van der Waals surface area contributed by atoms with Crippen LogP contribution in [0.3, 0.4) is 0 Å². The minimum Gasteiger partial charge on any atom is -0.355 e. The smallest absolute Gasteiger partial charge is 0.266 e. The molecule has 4 rings (SSSR count). The molecule has 0 bridgehead atoms. The Kier molecular flexibility index (Phi) is 7.46. The number of nitrogens with zero attached hydrogens (tertiary/aromatic N) is 5. The average Bonchev–Trinajstić information content (AvgIpc) is 3.22. The van der Waals surface area contributed by atoms with Crippen molar-refractivity contribution in [1.82, 2.24) is 19.0 Å². The van der Waals surface area contributed by atoms with Crippen molar-refractivity contribution in [2.75, 3.05) is 37.6 Å². The Bertz CT molecular complexity index is 1230. The number of aryl methyl sites for hydroxylation is 1. The average molecular weight is 526 g/mol. The number of piperidine rings is 1. The van der Waals surface area contributed by atoms with Crippen LogP contribution in [-0.4, -0.2) is 72.1 Å². The van der Waals surface area contributed by atoms with Gasteiger partial charge in [-0.15, -0.1) is 11.3 Å². The first-order chi connectivity index (χ1) is 16.1. The number of carbonyl (C=O) groups excluding carboxylic acids is 1. The summed E-state index contributed by atoms with van der Waals surface area (Å²) in [6.45, 7) is 4.27. The van der Waals surface area contributed by atoms with Crippen LogP contribution in [0.2, 0.25) is 4.34 Å². The van der Waals surface area contributed by atoms with E-state index in [0.29, 0.717) is 23.3 Å². The van der Waals surface area contributed by atoms with Crippen LogP contribution in [0, 0.1) is 5.92 Å². The molecule has 0 radical (unpaired) electrons. The maximum absolute atomic E-state index is 12.8. The summed E-state index contributed by atoms with van der Waals surface area (Å²) in [7, 11) is -2.09. The monoisotopic (exact) mass is 525 g/mol. The van der Waals surface area contributed by atoms with E-state index < -0.39 is 10.0 Å². The molecule has 4 heterocycles. The largest absolute Gasteiger partial charge is 0.355 e. The fourth-order valence-electron chi connectivity index (χ4n) is 4.38. The Balaban J connectivity index is 1.32. The van der Waals surface area contributed by atoms with Gasteiger partial charge in [0.15, 0.2) is 0 Å². The van der Waals surface area contributed by atoms with E-state index in [2.05, 4.69) is 10.00 Å². The SMILES string of the molecule is C[C@H]1CN(CC2CCN(c3ccc(=O)n(C)n3)CC2)C(=O)CN1S(=O)(=O)C=Cc1ccc(Cl)s1. The van der Waals surface area contributed by atoms with Crippen LogP contribution in [0.15, 0.2) is 34.5 Å². The fraction of sp³-hybridized carbons (Fsp3) is 0.500. The molecule has 0 aliphatic carbocycles. The molecule has 2 aromatic heterocycles. The minimum absolute atomic E-state index is 0.140. The van der Waals surface area contributed by atoms with Crippen molar-refractivity contribution in [3.8, 4) is 0 Å². The van der Waals surface area contributed by atoms with E-state index in [1.54, 1.807) is 30.1 Å². The number of piperazine rings is 1. The lowest BCUT2D eigenvalue weighted by Gasteiger charge is -2.41. The van der Waals surface area contributed by atoms with Gasteiger partial charge < -0.3 is 9.80 Å². The summed E-state index contributed by atoms with van der Waals surface area (Å²) in [5.74, 6) is 0.949. The highest BCUT2D eigenvalue weighted by molar-refractivity contribution is 7.92. The van der Waals surface area contributed by atoms with Crippen molar-refractivity contribution in [2.45, 2.75) is 25.8 Å². The number of sulfonamides is 1. The third kappa shape index (κ3) is 5.70. The van der Waals surface area contributed by atoms with Crippen molar-refractivity contribution in [3.05, 3.63) is 49.2 Å². The highest BCUT2D eigenvalue weighted by atomic mass is 35.5. The maximum atomic E-state index is 12.8. The van der Waals surface area contributed by atoms with E-state index in [1.165, 1.54) is 32.5 Å². The van der Waals surface area contributed by atoms with E-state index in [1.807, 2.05) is 6.92 Å². The van der Waals surface area contributed by atoms with Crippen molar-refractivity contribution in [2.24, 2.45) is 13.0 Å². The molecule has 9 nitrogen and oxygen atoms in total. The third-order valence-corrected chi connectivity index (χ3v) is 9.13. The van der Waals surface area contributed by atoms with Gasteiger partial charge in [-0.25, -0.2) is 13.1 Å². The molecule has 184 valence electrons. The molecular formula is C22H28ClN5O4S2. The summed E-state index contributed by atoms with van der Waals surface area (Å²) in [6, 6.07) is 6.43. The zero-order valence-electron chi connectivity index (χ0n) is 19.1. The van der Waals surface area contributed by atoms with Gasteiger partial charge in [0.2, 0.25) is 15.9 Å². The second-order valence-electron chi connectivity index (χ2n) is 8.77. The minimum atomic E-state index is -3.72. The van der Waals surface area contributed by atoms with Gasteiger partial charge in [0, 0.05) is 55.6 Å². The third-order valence-electron chi connectivity index (χ3n) is 6.31. The van der Waals surface area contributed by atoms with Gasteiger partial charge in [0.1, 0.15) is 5.82 Å². The number of aromatic nitrogens is 2. The highest BCUT2D eigenvalue weighted by Gasteiger charge is 2.36. The first kappa shape index (κ1) is 24.9. The van der Waals surface area contributed by atoms with Crippen LogP contribution < -0.4 is 10.5 Å². The van der Waals surface area contributed by atoms with Crippen LogP contribution in [0.5, 0.6) is 0 Å². The van der Waals surface area contributed by atoms with Crippen molar-refractivity contribution >= 4 is 50.8 Å². The van der Waals surface area contributed by atoms with E-state index in [-0.39, 0.29) is 24.1 Å². The Morgan fingerprint density at radius 1 is 1.18 bits per heavy atom. The van der Waals surface area contributed by atoms with Crippen LogP contribution in [0.25, 0.3) is 6.08 Å². The standard InChI is InChI=1S/C22H28ClN5O4S2/c1-16-13-27(14-17-7-10-26(11-8-17)20-5-6-21(29)25(2)24-20)22(30)15-28(16)34(31,32)12-9-18-3-4-19(23)33-18/h3-6,9,12,16-17H,7-8,10-11,13-15H2,1-2H3/t16-/m0/s1. The number of amides is 1. The topological polar surface area (TPSA) is 95.8 Å². The highest BCUT2D eigenvalue weighted by Crippen LogP contribution is 2.26. The molecule has 0 unspecified atom stereocenters. The van der Waals surface area contributed by atoms with E-state index in [0.717, 1.165) is 42.0 Å². The predicted octanol–water partition coefficient (Wildman–Crippen LogP) is 2.25. The number of rotatable bonds is 6. The Labute approximate surface area is 208 Å². The molecule has 12 heteroatoms. The molecule has 0 aromatic carbocycles.